The highest BCUT2D eigenvalue weighted by Crippen LogP contribution is 2.02. The highest BCUT2D eigenvalue weighted by Gasteiger charge is 2.15. The summed E-state index contributed by atoms with van der Waals surface area (Å²) in [7, 11) is 1.52. The predicted octanol–water partition coefficient (Wildman–Crippen LogP) is -2.15. The summed E-state index contributed by atoms with van der Waals surface area (Å²) >= 11 is 0. The van der Waals surface area contributed by atoms with E-state index in [4.69, 9.17) is 29.8 Å². The zero-order valence-corrected chi connectivity index (χ0v) is 23.0. The average Bonchev–Trinajstić information content (AvgIpc) is 2.91. The van der Waals surface area contributed by atoms with Crippen molar-refractivity contribution in [1.82, 2.24) is 21.3 Å². The first-order chi connectivity index (χ1) is 19.2. The summed E-state index contributed by atoms with van der Waals surface area (Å²) in [5, 5.41) is 19.1. The average molecular weight is 582 g/mol. The van der Waals surface area contributed by atoms with Gasteiger partial charge in [-0.15, -0.1) is 0 Å². The van der Waals surface area contributed by atoms with E-state index in [1.165, 1.54) is 7.05 Å². The van der Waals surface area contributed by atoms with Gasteiger partial charge in [0.2, 0.25) is 17.7 Å². The van der Waals surface area contributed by atoms with Crippen molar-refractivity contribution in [2.24, 2.45) is 5.73 Å². The molecular weight excluding hydrogens is 537 g/mol. The van der Waals surface area contributed by atoms with Gasteiger partial charge in [-0.1, -0.05) is 0 Å². The van der Waals surface area contributed by atoms with Crippen molar-refractivity contribution in [1.29, 1.82) is 0 Å². The number of nitrogens with one attached hydrogen (secondary N) is 4. The van der Waals surface area contributed by atoms with Crippen LogP contribution in [0.15, 0.2) is 0 Å². The summed E-state index contributed by atoms with van der Waals surface area (Å²) in [5.74, 6) is -2.07. The van der Waals surface area contributed by atoms with E-state index in [-0.39, 0.29) is 96.5 Å². The molecule has 3 amide bonds. The van der Waals surface area contributed by atoms with Crippen LogP contribution in [-0.4, -0.2) is 126 Å². The number of carboxylic acids is 1. The quantitative estimate of drug-likeness (QED) is 0.0452. The molecule has 15 nitrogen and oxygen atoms in total. The molecular formula is C24H44FN5O10. The fraction of sp³-hybridized carbons (Fsp3) is 0.792. The van der Waals surface area contributed by atoms with E-state index < -0.39 is 24.1 Å². The number of nitrogens with two attached hydrogens (primary N) is 1. The first-order valence-electron chi connectivity index (χ1n) is 13.1. The maximum absolute atomic E-state index is 12.6. The number of amides is 3. The zero-order valence-electron chi connectivity index (χ0n) is 23.0. The molecule has 0 aromatic rings. The van der Waals surface area contributed by atoms with Gasteiger partial charge in [0.25, 0.3) is 0 Å². The van der Waals surface area contributed by atoms with Crippen LogP contribution in [0.4, 0.5) is 4.39 Å². The zero-order chi connectivity index (χ0) is 30.0. The van der Waals surface area contributed by atoms with Gasteiger partial charge in [0.05, 0.1) is 45.7 Å². The first-order valence-corrected chi connectivity index (χ1v) is 13.1. The largest absolute Gasteiger partial charge is 0.480 e. The lowest BCUT2D eigenvalue weighted by Crippen LogP contribution is -2.33. The monoisotopic (exact) mass is 581 g/mol. The third-order valence-corrected chi connectivity index (χ3v) is 5.21. The molecule has 0 aliphatic carbocycles. The molecule has 0 rings (SSSR count). The Bertz CT molecular complexity index is 747. The summed E-state index contributed by atoms with van der Waals surface area (Å²) < 4.78 is 33.6. The number of hydrogen-bond donors (Lipinski definition) is 6. The Morgan fingerprint density at radius 3 is 1.73 bits per heavy atom. The van der Waals surface area contributed by atoms with Gasteiger partial charge >= 0.3 is 12.0 Å². The number of halogens is 1. The molecule has 0 saturated heterocycles. The topological polar surface area (TPSA) is 217 Å². The van der Waals surface area contributed by atoms with Crippen molar-refractivity contribution in [2.75, 3.05) is 79.5 Å². The lowest BCUT2D eigenvalue weighted by Gasteiger charge is -2.10. The fourth-order valence-electron chi connectivity index (χ4n) is 2.97. The van der Waals surface area contributed by atoms with Gasteiger partial charge in [0, 0.05) is 26.1 Å². The maximum atomic E-state index is 12.6. The van der Waals surface area contributed by atoms with E-state index in [1.807, 2.05) is 0 Å². The van der Waals surface area contributed by atoms with Gasteiger partial charge in [-0.2, -0.15) is 4.39 Å². The van der Waals surface area contributed by atoms with Crippen LogP contribution in [0.5, 0.6) is 0 Å². The molecule has 0 aliphatic rings. The van der Waals surface area contributed by atoms with Crippen LogP contribution in [0, 0.1) is 0 Å². The predicted molar refractivity (Wildman–Crippen MR) is 140 cm³/mol. The number of likely N-dealkylation sites (N-methyl/N-ethyl adjacent to an activating group) is 1. The third kappa shape index (κ3) is 23.2. The third-order valence-electron chi connectivity index (χ3n) is 5.21. The number of rotatable bonds is 27. The molecule has 0 aromatic heterocycles. The molecule has 40 heavy (non-hydrogen) atoms. The van der Waals surface area contributed by atoms with Crippen LogP contribution >= 0.6 is 0 Å². The standard InChI is InChI=1S/C24H44FN5O10/c1-27-19(23(25)34)4-2-3-7-28-21(32)16-39-14-13-38-11-9-30-22(33)17-40-15-12-37-10-8-29-20(31)6-5-18(26)24(35)36/h18-19,27H,2-17,26H2,1H3,(H,28,32)(H,29,31)(H,30,33)(H,35,36). The lowest BCUT2D eigenvalue weighted by molar-refractivity contribution is -0.139. The lowest BCUT2D eigenvalue weighted by atomic mass is 10.1. The second-order valence-electron chi connectivity index (χ2n) is 8.50. The molecule has 0 radical (unpaired) electrons. The second kappa shape index (κ2) is 25.2. The Morgan fingerprint density at radius 2 is 1.23 bits per heavy atom. The van der Waals surface area contributed by atoms with Crippen LogP contribution in [0.3, 0.4) is 0 Å². The molecule has 232 valence electrons. The molecule has 0 aromatic carbocycles. The number of carboxylic acid groups (broad SMARTS) is 1. The molecule has 0 saturated carbocycles. The molecule has 16 heteroatoms. The van der Waals surface area contributed by atoms with Crippen molar-refractivity contribution < 1.29 is 52.4 Å². The second-order valence-corrected chi connectivity index (χ2v) is 8.50. The van der Waals surface area contributed by atoms with Crippen molar-refractivity contribution in [3.63, 3.8) is 0 Å². The molecule has 2 unspecified atom stereocenters. The first kappa shape index (κ1) is 37.2. The van der Waals surface area contributed by atoms with E-state index in [0.29, 0.717) is 25.8 Å². The normalized spacial score (nSPS) is 12.4. The number of aliphatic carboxylic acids is 1. The van der Waals surface area contributed by atoms with Gasteiger partial charge < -0.3 is 51.1 Å². The summed E-state index contributed by atoms with van der Waals surface area (Å²) in [6, 6.07) is -3.27. The van der Waals surface area contributed by atoms with E-state index >= 15 is 0 Å². The van der Waals surface area contributed by atoms with Crippen molar-refractivity contribution >= 4 is 29.7 Å². The Hall–Kier alpha value is -2.76. The Morgan fingerprint density at radius 1 is 0.725 bits per heavy atom. The Balaban J connectivity index is 3.44. The molecule has 0 aliphatic heterocycles. The Labute approximate surface area is 233 Å². The van der Waals surface area contributed by atoms with E-state index in [0.717, 1.165) is 0 Å². The summed E-state index contributed by atoms with van der Waals surface area (Å²) in [5.41, 5.74) is 5.32. The van der Waals surface area contributed by atoms with Gasteiger partial charge in [-0.25, -0.2) is 0 Å². The number of carbonyl (C=O) groups is 5. The van der Waals surface area contributed by atoms with Crippen LogP contribution in [0.2, 0.25) is 0 Å². The fourth-order valence-corrected chi connectivity index (χ4v) is 2.97. The van der Waals surface area contributed by atoms with E-state index in [1.54, 1.807) is 0 Å². The van der Waals surface area contributed by atoms with Crippen LogP contribution in [0.25, 0.3) is 0 Å². The van der Waals surface area contributed by atoms with Gasteiger partial charge in [0.15, 0.2) is 0 Å². The van der Waals surface area contributed by atoms with E-state index in [9.17, 15) is 28.4 Å². The van der Waals surface area contributed by atoms with E-state index in [2.05, 4.69) is 21.3 Å². The van der Waals surface area contributed by atoms with Crippen molar-refractivity contribution in [2.45, 2.75) is 44.2 Å². The highest BCUT2D eigenvalue weighted by atomic mass is 19.1. The number of ether oxygens (including phenoxy) is 4. The minimum Gasteiger partial charge on any atom is -0.480 e. The minimum absolute atomic E-state index is 0.0137. The SMILES string of the molecule is CNC(CCCCNC(=O)COCCOCCNC(=O)COCCOCCNC(=O)CCC(N)C(=O)O)C(=O)F. The smallest absolute Gasteiger partial charge is 0.320 e. The minimum atomic E-state index is -1.39. The van der Waals surface area contributed by atoms with Crippen LogP contribution < -0.4 is 27.0 Å². The number of unbranched alkanes of at least 4 members (excludes halogenated alkanes) is 1. The molecule has 0 heterocycles. The molecule has 0 spiro atoms. The maximum Gasteiger partial charge on any atom is 0.320 e. The Kier molecular flexibility index (Phi) is 23.5. The number of hydrogen-bond acceptors (Lipinski definition) is 11. The summed E-state index contributed by atoms with van der Waals surface area (Å²) in [4.78, 5) is 56.1. The molecule has 2 atom stereocenters. The number of carbonyl (C=O) groups excluding carboxylic acids is 4. The summed E-state index contributed by atoms with van der Waals surface area (Å²) in [6.07, 6.45) is 1.63. The summed E-state index contributed by atoms with van der Waals surface area (Å²) in [6.45, 7) is 2.03. The van der Waals surface area contributed by atoms with Crippen LogP contribution in [0.1, 0.15) is 32.1 Å². The van der Waals surface area contributed by atoms with Crippen molar-refractivity contribution in [3.05, 3.63) is 0 Å². The van der Waals surface area contributed by atoms with Gasteiger partial charge in [-0.05, 0) is 32.7 Å². The van der Waals surface area contributed by atoms with Gasteiger partial charge in [0.1, 0.15) is 19.3 Å². The van der Waals surface area contributed by atoms with Crippen molar-refractivity contribution in [3.8, 4) is 0 Å². The van der Waals surface area contributed by atoms with Gasteiger partial charge in [-0.3, -0.25) is 24.0 Å². The van der Waals surface area contributed by atoms with Crippen LogP contribution in [-0.2, 0) is 42.9 Å². The molecule has 7 N–H and O–H groups in total. The highest BCUT2D eigenvalue weighted by molar-refractivity contribution is 5.78. The molecule has 0 fully saturated rings. The molecule has 0 bridgehead atoms.